The molecule has 3 rings (SSSR count). The van der Waals surface area contributed by atoms with E-state index in [0.717, 1.165) is 46.2 Å². The molecular formula is C68H94Si2. The molecule has 0 aliphatic rings. The summed E-state index contributed by atoms with van der Waals surface area (Å²) >= 11 is 0. The molecule has 0 nitrogen and oxygen atoms in total. The molecule has 0 heterocycles. The summed E-state index contributed by atoms with van der Waals surface area (Å²) in [4.78, 5) is 0. The maximum Gasteiger partial charge on any atom is 0.146 e. The fraction of sp³-hybridized carbons (Fsp3) is 0.559. The van der Waals surface area contributed by atoms with E-state index in [1.807, 2.05) is 0 Å². The molecule has 0 amide bonds. The molecule has 0 bridgehead atoms. The Bertz CT molecular complexity index is 2220. The van der Waals surface area contributed by atoms with Gasteiger partial charge in [-0.05, 0) is 130 Å². The maximum atomic E-state index is 3.91. The summed E-state index contributed by atoms with van der Waals surface area (Å²) in [6, 6.07) is 21.4. The minimum absolute atomic E-state index is 0.570. The summed E-state index contributed by atoms with van der Waals surface area (Å²) in [6.45, 7) is 33.0. The van der Waals surface area contributed by atoms with E-state index in [1.54, 1.807) is 0 Å². The van der Waals surface area contributed by atoms with Crippen LogP contribution in [0.3, 0.4) is 0 Å². The second-order valence-electron chi connectivity index (χ2n) is 22.0. The predicted octanol–water partition coefficient (Wildman–Crippen LogP) is 19.0. The number of rotatable bonds is 24. The third-order valence-corrected chi connectivity index (χ3v) is 27.8. The maximum absolute atomic E-state index is 3.91. The lowest BCUT2D eigenvalue weighted by Crippen LogP contribution is -2.43. The Hall–Kier alpha value is -4.55. The molecule has 3 aromatic carbocycles. The Morgan fingerprint density at radius 3 is 0.829 bits per heavy atom. The molecule has 0 aliphatic carbocycles. The first-order valence-corrected chi connectivity index (χ1v) is 32.6. The zero-order chi connectivity index (χ0) is 51.4. The van der Waals surface area contributed by atoms with Crippen LogP contribution in [0.4, 0.5) is 0 Å². The van der Waals surface area contributed by atoms with Crippen LogP contribution < -0.4 is 0 Å². The van der Waals surface area contributed by atoms with Crippen molar-refractivity contribution in [2.24, 2.45) is 0 Å². The van der Waals surface area contributed by atoms with Gasteiger partial charge in [0, 0.05) is 33.4 Å². The highest BCUT2D eigenvalue weighted by Gasteiger charge is 2.42. The Morgan fingerprint density at radius 2 is 0.557 bits per heavy atom. The highest BCUT2D eigenvalue weighted by atomic mass is 28.3. The summed E-state index contributed by atoms with van der Waals surface area (Å²) < 4.78 is 0. The highest BCUT2D eigenvalue weighted by molar-refractivity contribution is 6.91. The molecule has 0 N–H and O–H groups in total. The van der Waals surface area contributed by atoms with Gasteiger partial charge in [-0.3, -0.25) is 0 Å². The smallest absolute Gasteiger partial charge is 0.125 e. The van der Waals surface area contributed by atoms with Gasteiger partial charge >= 0.3 is 0 Å². The van der Waals surface area contributed by atoms with Gasteiger partial charge in [0.25, 0.3) is 0 Å². The van der Waals surface area contributed by atoms with Crippen molar-refractivity contribution < 1.29 is 0 Å². The van der Waals surface area contributed by atoms with Crippen molar-refractivity contribution in [1.82, 2.24) is 0 Å². The number of aryl methyl sites for hydroxylation is 2. The SMILES string of the molecule is CCCCCCCCCCc1cc(C#CC#Cc2ccccc2C#C[Si](C(C)C)(C(C)C)C(C)C)c(C#CC#Cc2ccccc2C#C[Si](C(C)C)(C(C)C)C(C)C)cc1CCCCCCCCCC. The van der Waals surface area contributed by atoms with Gasteiger partial charge in [0.1, 0.15) is 16.1 Å². The van der Waals surface area contributed by atoms with Crippen molar-refractivity contribution in [2.75, 3.05) is 0 Å². The van der Waals surface area contributed by atoms with Gasteiger partial charge in [-0.2, -0.15) is 0 Å². The first-order valence-electron chi connectivity index (χ1n) is 28.1. The predicted molar refractivity (Wildman–Crippen MR) is 315 cm³/mol. The molecule has 0 spiro atoms. The van der Waals surface area contributed by atoms with Crippen LogP contribution in [0.1, 0.15) is 244 Å². The Kier molecular flexibility index (Phi) is 27.7. The van der Waals surface area contributed by atoms with E-state index in [0.29, 0.717) is 33.2 Å². The molecule has 0 unspecified atom stereocenters. The number of hydrogen-bond donors (Lipinski definition) is 0. The van der Waals surface area contributed by atoms with Crippen LogP contribution in [0.2, 0.25) is 33.2 Å². The monoisotopic (exact) mass is 967 g/mol. The Labute approximate surface area is 435 Å². The van der Waals surface area contributed by atoms with Gasteiger partial charge in [-0.15, -0.1) is 11.1 Å². The van der Waals surface area contributed by atoms with Gasteiger partial charge in [0.05, 0.1) is 0 Å². The lowest BCUT2D eigenvalue weighted by molar-refractivity contribution is 0.570. The van der Waals surface area contributed by atoms with E-state index in [2.05, 4.69) is 228 Å². The van der Waals surface area contributed by atoms with Crippen molar-refractivity contribution in [2.45, 2.75) is 246 Å². The summed E-state index contributed by atoms with van der Waals surface area (Å²) in [5, 5.41) is 0. The van der Waals surface area contributed by atoms with E-state index in [1.165, 1.54) is 114 Å². The number of benzene rings is 3. The van der Waals surface area contributed by atoms with Crippen molar-refractivity contribution in [3.63, 3.8) is 0 Å². The van der Waals surface area contributed by atoms with Crippen molar-refractivity contribution in [3.8, 4) is 70.3 Å². The molecule has 0 radical (unpaired) electrons. The molecule has 374 valence electrons. The average molecular weight is 968 g/mol. The van der Waals surface area contributed by atoms with E-state index >= 15 is 0 Å². The van der Waals surface area contributed by atoms with Crippen molar-refractivity contribution in [1.29, 1.82) is 0 Å². The molecule has 0 atom stereocenters. The lowest BCUT2D eigenvalue weighted by Gasteiger charge is -2.38. The largest absolute Gasteiger partial charge is 0.146 e. The molecule has 0 fully saturated rings. The minimum atomic E-state index is -1.90. The van der Waals surface area contributed by atoms with Crippen LogP contribution in [0.25, 0.3) is 0 Å². The van der Waals surface area contributed by atoms with Crippen LogP contribution in [-0.4, -0.2) is 16.1 Å². The second-order valence-corrected chi connectivity index (χ2v) is 33.2. The molecule has 0 aromatic heterocycles. The van der Waals surface area contributed by atoms with Crippen LogP contribution in [0, 0.1) is 70.3 Å². The first kappa shape index (κ1) is 59.8. The van der Waals surface area contributed by atoms with Crippen LogP contribution >= 0.6 is 0 Å². The molecule has 0 saturated carbocycles. The summed E-state index contributed by atoms with van der Waals surface area (Å²) in [5.41, 5.74) is 19.8. The van der Waals surface area contributed by atoms with Gasteiger partial charge in [-0.25, -0.2) is 0 Å². The molecule has 2 heteroatoms. The minimum Gasteiger partial charge on any atom is -0.125 e. The van der Waals surface area contributed by atoms with Crippen LogP contribution in [-0.2, 0) is 12.8 Å². The summed E-state index contributed by atoms with van der Waals surface area (Å²) in [6.07, 6.45) is 23.1. The zero-order valence-electron chi connectivity index (χ0n) is 47.0. The Balaban J connectivity index is 2.14. The Morgan fingerprint density at radius 1 is 0.314 bits per heavy atom. The average Bonchev–Trinajstić information content (AvgIpc) is 3.32. The molecule has 0 saturated heterocycles. The van der Waals surface area contributed by atoms with E-state index in [4.69, 9.17) is 0 Å². The van der Waals surface area contributed by atoms with Gasteiger partial charge in [0.2, 0.25) is 0 Å². The fourth-order valence-electron chi connectivity index (χ4n) is 11.3. The molecule has 3 aromatic rings. The number of unbranched alkanes of at least 4 members (excludes halogenated alkanes) is 14. The lowest BCUT2D eigenvalue weighted by atomic mass is 9.91. The first-order chi connectivity index (χ1) is 33.6. The van der Waals surface area contributed by atoms with Crippen molar-refractivity contribution in [3.05, 3.63) is 105 Å². The second kappa shape index (κ2) is 32.4. The molecule has 0 aliphatic heterocycles. The van der Waals surface area contributed by atoms with Gasteiger partial charge in [0.15, 0.2) is 0 Å². The fourth-order valence-corrected chi connectivity index (χ4v) is 21.7. The number of hydrogen-bond acceptors (Lipinski definition) is 0. The third kappa shape index (κ3) is 18.6. The van der Waals surface area contributed by atoms with E-state index in [-0.39, 0.29) is 0 Å². The van der Waals surface area contributed by atoms with Gasteiger partial charge < -0.3 is 0 Å². The molecule has 70 heavy (non-hydrogen) atoms. The van der Waals surface area contributed by atoms with Crippen LogP contribution in [0.5, 0.6) is 0 Å². The zero-order valence-corrected chi connectivity index (χ0v) is 49.0. The standard InChI is InChI=1S/C68H94Si2/c1-15-17-19-21-23-25-27-29-45-65-53-67(47-37-35-41-61-39-31-33-43-63(61)49-51-69(55(3)4,56(5)6)57(7)8)68(54-66(65)46-30-28-26-24-22-20-18-16-2)48-38-36-42-62-40-32-34-44-64(62)50-52-70(58(9)10,59(11)12)60(13)14/h31-34,39-40,43-44,53-60H,15-30,45-46H2,1-14H3. The van der Waals surface area contributed by atoms with E-state index in [9.17, 15) is 0 Å². The van der Waals surface area contributed by atoms with Gasteiger partial charge in [-0.1, -0.05) is 247 Å². The van der Waals surface area contributed by atoms with Crippen molar-refractivity contribution >= 4 is 16.1 Å². The quantitative estimate of drug-likeness (QED) is 0.0477. The topological polar surface area (TPSA) is 0 Å². The highest BCUT2D eigenvalue weighted by Crippen LogP contribution is 2.42. The van der Waals surface area contributed by atoms with Crippen LogP contribution in [0.15, 0.2) is 60.7 Å². The third-order valence-electron chi connectivity index (χ3n) is 15.3. The molecular weight excluding hydrogens is 873 g/mol. The van der Waals surface area contributed by atoms with E-state index < -0.39 is 16.1 Å². The summed E-state index contributed by atoms with van der Waals surface area (Å²) in [5.74, 6) is 34.2. The summed E-state index contributed by atoms with van der Waals surface area (Å²) in [7, 11) is -3.79. The normalized spacial score (nSPS) is 11.3.